The molecule has 1 aliphatic carbocycles. The summed E-state index contributed by atoms with van der Waals surface area (Å²) in [4.78, 5) is 24.3. The van der Waals surface area contributed by atoms with Crippen LogP contribution in [0.4, 0.5) is 10.1 Å². The predicted molar refractivity (Wildman–Crippen MR) is 96.1 cm³/mol. The zero-order valence-corrected chi connectivity index (χ0v) is 15.2. The lowest BCUT2D eigenvalue weighted by molar-refractivity contribution is -0.123. The van der Waals surface area contributed by atoms with Gasteiger partial charge in [-0.3, -0.25) is 4.79 Å². The van der Waals surface area contributed by atoms with Crippen molar-refractivity contribution in [2.24, 2.45) is 0 Å². The molecule has 0 saturated carbocycles. The van der Waals surface area contributed by atoms with Gasteiger partial charge in [0, 0.05) is 10.2 Å². The van der Waals surface area contributed by atoms with Crippen molar-refractivity contribution in [2.75, 3.05) is 5.32 Å². The van der Waals surface area contributed by atoms with Crippen molar-refractivity contribution < 1.29 is 18.7 Å². The highest BCUT2D eigenvalue weighted by molar-refractivity contribution is 9.10. The predicted octanol–water partition coefficient (Wildman–Crippen LogP) is 4.26. The van der Waals surface area contributed by atoms with Crippen LogP contribution < -0.4 is 5.32 Å². The van der Waals surface area contributed by atoms with Crippen LogP contribution in [-0.2, 0) is 22.4 Å². The minimum absolute atomic E-state index is 0.208. The van der Waals surface area contributed by atoms with E-state index in [1.54, 1.807) is 0 Å². The maximum atomic E-state index is 13.8. The molecule has 3 rings (SSSR count). The molecule has 0 heterocycles. The van der Waals surface area contributed by atoms with Gasteiger partial charge in [0.1, 0.15) is 5.82 Å². The number of carbonyl (C=O) groups excluding carboxylic acids is 2. The van der Waals surface area contributed by atoms with E-state index in [0.717, 1.165) is 19.3 Å². The normalized spacial score (nSPS) is 13.9. The van der Waals surface area contributed by atoms with E-state index < -0.39 is 23.8 Å². The van der Waals surface area contributed by atoms with Gasteiger partial charge in [-0.05, 0) is 67.6 Å². The van der Waals surface area contributed by atoms with Gasteiger partial charge in [-0.2, -0.15) is 0 Å². The third-order valence-corrected chi connectivity index (χ3v) is 4.66. The molecule has 0 fully saturated rings. The highest BCUT2D eigenvalue weighted by Gasteiger charge is 2.22. The van der Waals surface area contributed by atoms with Crippen LogP contribution in [0.15, 0.2) is 40.9 Å². The first kappa shape index (κ1) is 17.6. The van der Waals surface area contributed by atoms with E-state index in [9.17, 15) is 14.0 Å². The Balaban J connectivity index is 1.63. The van der Waals surface area contributed by atoms with E-state index in [1.165, 1.54) is 36.2 Å². The number of carbonyl (C=O) groups is 2. The van der Waals surface area contributed by atoms with Crippen molar-refractivity contribution in [3.63, 3.8) is 0 Å². The molecule has 1 atom stereocenters. The monoisotopic (exact) mass is 405 g/mol. The number of nitrogens with one attached hydrogen (secondary N) is 1. The van der Waals surface area contributed by atoms with Gasteiger partial charge in [0.25, 0.3) is 5.91 Å². The molecule has 1 amide bonds. The van der Waals surface area contributed by atoms with Gasteiger partial charge in [0.2, 0.25) is 0 Å². The molecule has 4 nitrogen and oxygen atoms in total. The average Bonchev–Trinajstić information content (AvgIpc) is 3.02. The molecule has 0 spiro atoms. The quantitative estimate of drug-likeness (QED) is 0.773. The molecular weight excluding hydrogens is 389 g/mol. The summed E-state index contributed by atoms with van der Waals surface area (Å²) in [5.41, 5.74) is 3.01. The fourth-order valence-electron chi connectivity index (χ4n) is 2.83. The van der Waals surface area contributed by atoms with Crippen LogP contribution in [-0.4, -0.2) is 18.0 Å². The van der Waals surface area contributed by atoms with Gasteiger partial charge in [0.05, 0.1) is 5.56 Å². The van der Waals surface area contributed by atoms with Gasteiger partial charge in [0.15, 0.2) is 6.10 Å². The second kappa shape index (κ2) is 7.35. The number of benzene rings is 2. The highest BCUT2D eigenvalue weighted by Crippen LogP contribution is 2.25. The number of amides is 1. The Morgan fingerprint density at radius 3 is 2.68 bits per heavy atom. The average molecular weight is 406 g/mol. The Kier molecular flexibility index (Phi) is 5.18. The Morgan fingerprint density at radius 2 is 1.92 bits per heavy atom. The van der Waals surface area contributed by atoms with E-state index >= 15 is 0 Å². The van der Waals surface area contributed by atoms with Gasteiger partial charge in [-0.15, -0.1) is 0 Å². The zero-order valence-electron chi connectivity index (χ0n) is 13.6. The Bertz CT molecular complexity index is 837. The van der Waals surface area contributed by atoms with Crippen LogP contribution in [0.25, 0.3) is 0 Å². The van der Waals surface area contributed by atoms with Crippen molar-refractivity contribution in [3.8, 4) is 0 Å². The molecular formula is C19H17BrFNO3. The fourth-order valence-corrected chi connectivity index (χ4v) is 3.16. The lowest BCUT2D eigenvalue weighted by atomic mass is 10.1. The second-order valence-electron chi connectivity index (χ2n) is 6.00. The fraction of sp³-hybridized carbons (Fsp3) is 0.263. The highest BCUT2D eigenvalue weighted by atomic mass is 79.9. The van der Waals surface area contributed by atoms with Crippen molar-refractivity contribution in [3.05, 3.63) is 63.4 Å². The van der Waals surface area contributed by atoms with E-state index in [1.807, 2.05) is 18.2 Å². The van der Waals surface area contributed by atoms with Crippen LogP contribution >= 0.6 is 15.9 Å². The SMILES string of the molecule is C[C@H](OC(=O)c1ccc(Br)cc1F)C(=O)Nc1ccc2c(c1)CCC2. The van der Waals surface area contributed by atoms with Crippen molar-refractivity contribution in [2.45, 2.75) is 32.3 Å². The van der Waals surface area contributed by atoms with Crippen molar-refractivity contribution in [1.29, 1.82) is 0 Å². The molecule has 2 aromatic carbocycles. The first-order valence-corrected chi connectivity index (χ1v) is 8.82. The lowest BCUT2D eigenvalue weighted by Gasteiger charge is -2.14. The molecule has 0 aliphatic heterocycles. The van der Waals surface area contributed by atoms with Gasteiger partial charge >= 0.3 is 5.97 Å². The van der Waals surface area contributed by atoms with Crippen LogP contribution in [0.3, 0.4) is 0 Å². The van der Waals surface area contributed by atoms with Crippen LogP contribution in [0, 0.1) is 5.82 Å². The van der Waals surface area contributed by atoms with Gasteiger partial charge in [-0.25, -0.2) is 9.18 Å². The first-order valence-electron chi connectivity index (χ1n) is 8.03. The molecule has 0 radical (unpaired) electrons. The minimum atomic E-state index is -1.04. The molecule has 25 heavy (non-hydrogen) atoms. The molecule has 0 saturated heterocycles. The number of hydrogen-bond donors (Lipinski definition) is 1. The van der Waals surface area contributed by atoms with Crippen LogP contribution in [0.1, 0.15) is 34.8 Å². The van der Waals surface area contributed by atoms with Crippen LogP contribution in [0.5, 0.6) is 0 Å². The lowest BCUT2D eigenvalue weighted by Crippen LogP contribution is -2.30. The summed E-state index contributed by atoms with van der Waals surface area (Å²) in [6.07, 6.45) is 2.16. The molecule has 1 aliphatic rings. The van der Waals surface area contributed by atoms with Crippen molar-refractivity contribution >= 4 is 33.5 Å². The number of hydrogen-bond acceptors (Lipinski definition) is 3. The second-order valence-corrected chi connectivity index (χ2v) is 6.91. The Hall–Kier alpha value is -2.21. The van der Waals surface area contributed by atoms with E-state index in [4.69, 9.17) is 4.74 Å². The topological polar surface area (TPSA) is 55.4 Å². The zero-order chi connectivity index (χ0) is 18.0. The van der Waals surface area contributed by atoms with Crippen LogP contribution in [0.2, 0.25) is 0 Å². The Morgan fingerprint density at radius 1 is 1.16 bits per heavy atom. The van der Waals surface area contributed by atoms with Gasteiger partial charge < -0.3 is 10.1 Å². The molecule has 6 heteroatoms. The standard InChI is InChI=1S/C19H17BrFNO3/c1-11(25-19(24)16-8-6-14(20)10-17(16)21)18(23)22-15-7-5-12-3-2-4-13(12)9-15/h5-11H,2-4H2,1H3,(H,22,23)/t11-/m0/s1. The molecule has 0 bridgehead atoms. The summed E-state index contributed by atoms with van der Waals surface area (Å²) in [6, 6.07) is 9.81. The largest absolute Gasteiger partial charge is 0.449 e. The minimum Gasteiger partial charge on any atom is -0.449 e. The number of aryl methyl sites for hydroxylation is 2. The smallest absolute Gasteiger partial charge is 0.341 e. The van der Waals surface area contributed by atoms with E-state index in [2.05, 4.69) is 21.2 Å². The third-order valence-electron chi connectivity index (χ3n) is 4.17. The Labute approximate surface area is 153 Å². The van der Waals surface area contributed by atoms with Gasteiger partial charge in [-0.1, -0.05) is 22.0 Å². The van der Waals surface area contributed by atoms with E-state index in [0.29, 0.717) is 10.2 Å². The third kappa shape index (κ3) is 4.07. The number of rotatable bonds is 4. The summed E-state index contributed by atoms with van der Waals surface area (Å²) < 4.78 is 19.4. The maximum Gasteiger partial charge on any atom is 0.341 e. The number of esters is 1. The first-order chi connectivity index (χ1) is 11.9. The number of fused-ring (bicyclic) bond motifs is 1. The molecule has 1 N–H and O–H groups in total. The molecule has 0 unspecified atom stereocenters. The summed E-state index contributed by atoms with van der Waals surface area (Å²) >= 11 is 3.12. The number of halogens is 2. The maximum absolute atomic E-state index is 13.8. The number of anilines is 1. The van der Waals surface area contributed by atoms with E-state index in [-0.39, 0.29) is 5.56 Å². The molecule has 0 aromatic heterocycles. The summed E-state index contributed by atoms with van der Waals surface area (Å²) in [7, 11) is 0. The summed E-state index contributed by atoms with van der Waals surface area (Å²) in [6.45, 7) is 1.46. The molecule has 2 aromatic rings. The molecule has 130 valence electrons. The van der Waals surface area contributed by atoms with Crippen molar-refractivity contribution in [1.82, 2.24) is 0 Å². The summed E-state index contributed by atoms with van der Waals surface area (Å²) in [5, 5.41) is 2.73. The summed E-state index contributed by atoms with van der Waals surface area (Å²) in [5.74, 6) is -2.03. The number of ether oxygens (including phenoxy) is 1.